The third kappa shape index (κ3) is 26.4. The molecule has 0 fully saturated rings. The maximum atomic E-state index is 9.90. The van der Waals surface area contributed by atoms with Gasteiger partial charge >= 0.3 is 11.9 Å². The molecule has 9 nitrogen and oxygen atoms in total. The molecule has 114 valence electrons. The van der Waals surface area contributed by atoms with Crippen LogP contribution in [-0.4, -0.2) is 58.8 Å². The van der Waals surface area contributed by atoms with Gasteiger partial charge in [0.2, 0.25) is 0 Å². The van der Waals surface area contributed by atoms with Gasteiger partial charge in [0, 0.05) is 12.8 Å². The predicted octanol–water partition coefficient (Wildman–Crippen LogP) is -0.860. The van der Waals surface area contributed by atoms with E-state index in [1.165, 1.54) is 0 Å². The summed E-state index contributed by atoms with van der Waals surface area (Å²) in [5.41, 5.74) is 2.07. The summed E-state index contributed by atoms with van der Waals surface area (Å²) < 4.78 is 0. The average molecular weight is 283 g/mol. The number of aliphatic hydroxyl groups is 2. The summed E-state index contributed by atoms with van der Waals surface area (Å²) in [6.45, 7) is 0.224. The van der Waals surface area contributed by atoms with Crippen LogP contribution in [0.5, 0.6) is 0 Å². The van der Waals surface area contributed by atoms with Gasteiger partial charge in [-0.1, -0.05) is 5.64 Å². The van der Waals surface area contributed by atoms with Gasteiger partial charge in [0.05, 0.1) is 26.4 Å². The molecule has 0 aliphatic carbocycles. The Balaban J connectivity index is 0. The van der Waals surface area contributed by atoms with E-state index in [1.54, 1.807) is 0 Å². The van der Waals surface area contributed by atoms with Crippen molar-refractivity contribution in [2.45, 2.75) is 25.7 Å². The zero-order chi connectivity index (χ0) is 14.9. The number of hydrogen-bond acceptors (Lipinski definition) is 7. The molecule has 0 saturated heterocycles. The van der Waals surface area contributed by atoms with Crippen molar-refractivity contribution in [1.82, 2.24) is 5.64 Å². The van der Waals surface area contributed by atoms with Crippen LogP contribution >= 0.6 is 0 Å². The summed E-state index contributed by atoms with van der Waals surface area (Å²) in [4.78, 5) is 28.7. The molecule has 0 bridgehead atoms. The third-order valence-corrected chi connectivity index (χ3v) is 1.54. The zero-order valence-corrected chi connectivity index (χ0v) is 10.6. The molecule has 0 aliphatic rings. The highest BCUT2D eigenvalue weighted by Gasteiger charge is 1.99. The van der Waals surface area contributed by atoms with Crippen molar-refractivity contribution in [3.05, 3.63) is 0 Å². The number of aliphatic carboxylic acids is 2. The minimum atomic E-state index is -0.870. The molecule has 0 aliphatic heterocycles. The van der Waals surface area contributed by atoms with Gasteiger partial charge in [0.1, 0.15) is 0 Å². The van der Waals surface area contributed by atoms with Crippen LogP contribution in [0.4, 0.5) is 0 Å². The number of rotatable bonds is 11. The number of aliphatic hydroxyl groups excluding tert-OH is 2. The lowest BCUT2D eigenvalue weighted by molar-refractivity contribution is -0.178. The molecule has 0 aromatic rings. The minimum absolute atomic E-state index is 0.0600. The molecular weight excluding hydrogens is 262 g/mol. The molecule has 0 rings (SSSR count). The first-order chi connectivity index (χ1) is 9.04. The van der Waals surface area contributed by atoms with E-state index in [1.807, 2.05) is 0 Å². The first-order valence-corrected chi connectivity index (χ1v) is 5.68. The van der Waals surface area contributed by atoms with Gasteiger partial charge in [-0.3, -0.25) is 19.3 Å². The van der Waals surface area contributed by atoms with E-state index in [9.17, 15) is 9.59 Å². The van der Waals surface area contributed by atoms with Gasteiger partial charge in [-0.25, -0.2) is 0 Å². The zero-order valence-electron chi connectivity index (χ0n) is 10.6. The summed E-state index contributed by atoms with van der Waals surface area (Å²) in [5.74, 6) is -1.74. The number of nitrogens with one attached hydrogen (secondary N) is 1. The highest BCUT2D eigenvalue weighted by Crippen LogP contribution is 1.98. The normalized spacial score (nSPS) is 9.58. The van der Waals surface area contributed by atoms with Crippen LogP contribution in [0.25, 0.3) is 0 Å². The molecule has 0 amide bonds. The number of carboxylic acid groups (broad SMARTS) is 2. The van der Waals surface area contributed by atoms with Crippen molar-refractivity contribution in [1.29, 1.82) is 0 Å². The van der Waals surface area contributed by atoms with Crippen molar-refractivity contribution in [2.75, 3.05) is 26.4 Å². The summed E-state index contributed by atoms with van der Waals surface area (Å²) in [7, 11) is 0. The second kappa shape index (κ2) is 16.7. The van der Waals surface area contributed by atoms with Crippen LogP contribution in [0.15, 0.2) is 0 Å². The molecule has 0 saturated carbocycles. The van der Waals surface area contributed by atoms with Gasteiger partial charge in [-0.15, -0.1) is 0 Å². The lowest BCUT2D eigenvalue weighted by atomic mass is 10.2. The molecule has 0 atom stereocenters. The maximum absolute atomic E-state index is 9.90. The number of carboxylic acids is 2. The fourth-order valence-corrected chi connectivity index (χ4v) is 0.769. The van der Waals surface area contributed by atoms with E-state index in [2.05, 4.69) is 15.3 Å². The molecule has 0 radical (unpaired) electrons. The Hall–Kier alpha value is -1.26. The monoisotopic (exact) mass is 283 g/mol. The summed E-state index contributed by atoms with van der Waals surface area (Å²) in [6.07, 6.45) is 1.02. The van der Waals surface area contributed by atoms with Gasteiger partial charge in [-0.05, 0) is 12.8 Å². The molecule has 5 N–H and O–H groups in total. The fourth-order valence-electron chi connectivity index (χ4n) is 0.769. The highest BCUT2D eigenvalue weighted by molar-refractivity contribution is 5.67. The number of carbonyl (C=O) groups is 2. The summed E-state index contributed by atoms with van der Waals surface area (Å²) >= 11 is 0. The smallest absolute Gasteiger partial charge is 0.303 e. The predicted molar refractivity (Wildman–Crippen MR) is 63.0 cm³/mol. The molecular formula is C10H21NO8. The molecule has 19 heavy (non-hydrogen) atoms. The van der Waals surface area contributed by atoms with Crippen LogP contribution in [0, 0.1) is 0 Å². The first-order valence-electron chi connectivity index (χ1n) is 5.68. The Bertz CT molecular complexity index is 202. The first kappa shape index (κ1) is 20.1. The van der Waals surface area contributed by atoms with Gasteiger partial charge in [0.15, 0.2) is 0 Å². The minimum Gasteiger partial charge on any atom is -0.481 e. The van der Waals surface area contributed by atoms with E-state index in [0.717, 1.165) is 0 Å². The van der Waals surface area contributed by atoms with Gasteiger partial charge in [0.25, 0.3) is 0 Å². The van der Waals surface area contributed by atoms with Crippen LogP contribution in [0.2, 0.25) is 0 Å². The van der Waals surface area contributed by atoms with Crippen LogP contribution in [-0.2, 0) is 19.3 Å². The standard InChI is InChI=1S/C6H10O4.C4H11NO4/c7-5(8)3-1-2-4-6(9)10;6-1-3-8-5-9-4-2-7/h1-4H2,(H,7,8)(H,9,10);5-7H,1-4H2. The van der Waals surface area contributed by atoms with Crippen LogP contribution < -0.4 is 5.64 Å². The largest absolute Gasteiger partial charge is 0.481 e. The van der Waals surface area contributed by atoms with Crippen molar-refractivity contribution < 1.29 is 39.7 Å². The third-order valence-electron chi connectivity index (χ3n) is 1.54. The summed E-state index contributed by atoms with van der Waals surface area (Å²) in [6, 6.07) is 0. The number of unbranched alkanes of at least 4 members (excludes halogenated alkanes) is 1. The van der Waals surface area contributed by atoms with Crippen molar-refractivity contribution in [3.8, 4) is 0 Å². The van der Waals surface area contributed by atoms with E-state index < -0.39 is 11.9 Å². The molecule has 0 aromatic heterocycles. The Morgan fingerprint density at radius 1 is 0.842 bits per heavy atom. The van der Waals surface area contributed by atoms with Crippen molar-refractivity contribution >= 4 is 11.9 Å². The topological polar surface area (TPSA) is 146 Å². The average Bonchev–Trinajstić information content (AvgIpc) is 2.35. The Morgan fingerprint density at radius 3 is 1.47 bits per heavy atom. The van der Waals surface area contributed by atoms with E-state index in [4.69, 9.17) is 20.4 Å². The molecule has 0 heterocycles. The van der Waals surface area contributed by atoms with Crippen molar-refractivity contribution in [3.63, 3.8) is 0 Å². The molecule has 0 unspecified atom stereocenters. The van der Waals surface area contributed by atoms with Crippen LogP contribution in [0.3, 0.4) is 0 Å². The van der Waals surface area contributed by atoms with Crippen LogP contribution in [0.1, 0.15) is 25.7 Å². The Labute approximate surface area is 110 Å². The van der Waals surface area contributed by atoms with Crippen molar-refractivity contribution in [2.24, 2.45) is 0 Å². The van der Waals surface area contributed by atoms with E-state index >= 15 is 0 Å². The SMILES string of the molecule is O=C(O)CCCCC(=O)O.OCCONOCCO. The molecule has 9 heteroatoms. The quantitative estimate of drug-likeness (QED) is 0.241. The number of hydrogen-bond donors (Lipinski definition) is 5. The van der Waals surface area contributed by atoms with E-state index in [-0.39, 0.29) is 39.3 Å². The second-order valence-electron chi connectivity index (χ2n) is 3.22. The maximum Gasteiger partial charge on any atom is 0.303 e. The Morgan fingerprint density at radius 2 is 1.21 bits per heavy atom. The van der Waals surface area contributed by atoms with Gasteiger partial charge < -0.3 is 20.4 Å². The van der Waals surface area contributed by atoms with E-state index in [0.29, 0.717) is 12.8 Å². The molecule has 0 aromatic carbocycles. The fraction of sp³-hybridized carbons (Fsp3) is 0.800. The molecule has 0 spiro atoms. The second-order valence-corrected chi connectivity index (χ2v) is 3.22. The lowest BCUT2D eigenvalue weighted by Crippen LogP contribution is -2.19. The summed E-state index contributed by atoms with van der Waals surface area (Å²) in [5, 5.41) is 32.6. The Kier molecular flexibility index (Phi) is 17.7. The lowest BCUT2D eigenvalue weighted by Gasteiger charge is -2.01. The highest BCUT2D eigenvalue weighted by atomic mass is 16.9. The van der Waals surface area contributed by atoms with Gasteiger partial charge in [-0.2, -0.15) is 0 Å².